The van der Waals surface area contributed by atoms with Gasteiger partial charge in [-0.2, -0.15) is 5.26 Å². The maximum atomic E-state index is 13.3. The van der Waals surface area contributed by atoms with Crippen molar-refractivity contribution in [3.05, 3.63) is 56.8 Å². The molecule has 0 saturated carbocycles. The number of hydrogen-bond donors (Lipinski definition) is 2. The van der Waals surface area contributed by atoms with E-state index < -0.39 is 5.92 Å². The van der Waals surface area contributed by atoms with Gasteiger partial charge in [0.15, 0.2) is 11.5 Å². The maximum absolute atomic E-state index is 13.3. The van der Waals surface area contributed by atoms with Crippen LogP contribution < -0.4 is 30.2 Å². The fourth-order valence-corrected chi connectivity index (χ4v) is 3.67. The minimum absolute atomic E-state index is 0.0811. The summed E-state index contributed by atoms with van der Waals surface area (Å²) in [6.07, 6.45) is 0. The van der Waals surface area contributed by atoms with E-state index in [-0.39, 0.29) is 41.5 Å². The predicted octanol–water partition coefficient (Wildman–Crippen LogP) is 1.39. The first-order chi connectivity index (χ1) is 14.4. The van der Waals surface area contributed by atoms with Crippen LogP contribution in [0.3, 0.4) is 0 Å². The van der Waals surface area contributed by atoms with Crippen LogP contribution in [-0.4, -0.2) is 37.6 Å². The number of methoxy groups -OCH3 is 3. The van der Waals surface area contributed by atoms with Gasteiger partial charge in [0.1, 0.15) is 17.4 Å². The molecule has 0 bridgehead atoms. The number of benzene rings is 1. The van der Waals surface area contributed by atoms with Gasteiger partial charge in [0.25, 0.3) is 5.56 Å². The van der Waals surface area contributed by atoms with E-state index >= 15 is 0 Å². The van der Waals surface area contributed by atoms with Gasteiger partial charge < -0.3 is 34.4 Å². The minimum atomic E-state index is -0.814. The van der Waals surface area contributed by atoms with Gasteiger partial charge in [-0.15, -0.1) is 0 Å². The SMILES string of the molecule is COc1cc([C@@H]2C(C#N)=C(N)Oc3cc(C)n(CCO)c(=O)c32)cc(OC)c1OC. The molecule has 1 aromatic heterocycles. The van der Waals surface area contributed by atoms with E-state index in [9.17, 15) is 15.2 Å². The summed E-state index contributed by atoms with van der Waals surface area (Å²) in [5.41, 5.74) is 7.13. The van der Waals surface area contributed by atoms with Crippen molar-refractivity contribution in [2.24, 2.45) is 5.73 Å². The van der Waals surface area contributed by atoms with E-state index in [1.165, 1.54) is 25.9 Å². The summed E-state index contributed by atoms with van der Waals surface area (Å²) in [6.45, 7) is 1.63. The Labute approximate surface area is 173 Å². The molecule has 0 radical (unpaired) electrons. The average molecular weight is 413 g/mol. The maximum Gasteiger partial charge on any atom is 0.258 e. The van der Waals surface area contributed by atoms with E-state index in [0.29, 0.717) is 28.5 Å². The number of allylic oxidation sites excluding steroid dienone is 1. The molecule has 9 heteroatoms. The topological polar surface area (TPSA) is 129 Å². The van der Waals surface area contributed by atoms with Gasteiger partial charge in [-0.1, -0.05) is 0 Å². The van der Waals surface area contributed by atoms with Crippen molar-refractivity contribution in [3.8, 4) is 29.1 Å². The quantitative estimate of drug-likeness (QED) is 0.727. The number of nitrogens with zero attached hydrogens (tertiary/aromatic N) is 2. The zero-order valence-electron chi connectivity index (χ0n) is 17.2. The van der Waals surface area contributed by atoms with Crippen LogP contribution in [-0.2, 0) is 6.54 Å². The van der Waals surface area contributed by atoms with Gasteiger partial charge in [-0.3, -0.25) is 4.79 Å². The van der Waals surface area contributed by atoms with Crippen molar-refractivity contribution < 1.29 is 24.1 Å². The second kappa shape index (κ2) is 8.39. The molecule has 158 valence electrons. The van der Waals surface area contributed by atoms with Crippen molar-refractivity contribution in [3.63, 3.8) is 0 Å². The Bertz CT molecular complexity index is 1090. The van der Waals surface area contributed by atoms with E-state index in [2.05, 4.69) is 6.07 Å². The lowest BCUT2D eigenvalue weighted by atomic mass is 9.83. The summed E-state index contributed by atoms with van der Waals surface area (Å²) in [6, 6.07) is 7.06. The van der Waals surface area contributed by atoms with Crippen LogP contribution in [0.25, 0.3) is 0 Å². The van der Waals surface area contributed by atoms with E-state index in [1.54, 1.807) is 25.1 Å². The highest BCUT2D eigenvalue weighted by Gasteiger charge is 2.35. The smallest absolute Gasteiger partial charge is 0.258 e. The molecule has 1 aromatic carbocycles. The minimum Gasteiger partial charge on any atom is -0.493 e. The molecule has 0 aliphatic carbocycles. The number of fused-ring (bicyclic) bond motifs is 1. The lowest BCUT2D eigenvalue weighted by Crippen LogP contribution is -2.33. The van der Waals surface area contributed by atoms with Crippen molar-refractivity contribution in [2.75, 3.05) is 27.9 Å². The highest BCUT2D eigenvalue weighted by molar-refractivity contribution is 5.61. The van der Waals surface area contributed by atoms with Crippen LogP contribution in [0.4, 0.5) is 0 Å². The summed E-state index contributed by atoms with van der Waals surface area (Å²) in [5, 5.41) is 19.2. The van der Waals surface area contributed by atoms with Gasteiger partial charge in [0, 0.05) is 18.3 Å². The first kappa shape index (κ1) is 21.1. The molecular weight excluding hydrogens is 390 g/mol. The van der Waals surface area contributed by atoms with Crippen LogP contribution in [0, 0.1) is 18.3 Å². The van der Waals surface area contributed by atoms with Gasteiger partial charge >= 0.3 is 0 Å². The zero-order chi connectivity index (χ0) is 22.0. The Kier molecular flexibility index (Phi) is 5.89. The number of aryl methyl sites for hydroxylation is 1. The molecule has 1 aliphatic rings. The van der Waals surface area contributed by atoms with Gasteiger partial charge in [-0.05, 0) is 24.6 Å². The number of hydrogen-bond acceptors (Lipinski definition) is 8. The second-order valence-electron chi connectivity index (χ2n) is 6.63. The molecule has 0 amide bonds. The summed E-state index contributed by atoms with van der Waals surface area (Å²) in [5.74, 6) is 0.500. The highest BCUT2D eigenvalue weighted by atomic mass is 16.5. The molecule has 0 fully saturated rings. The first-order valence-electron chi connectivity index (χ1n) is 9.14. The third-order valence-corrected chi connectivity index (χ3v) is 5.03. The third-order valence-electron chi connectivity index (χ3n) is 5.03. The molecule has 1 atom stereocenters. The highest BCUT2D eigenvalue weighted by Crippen LogP contribution is 2.46. The van der Waals surface area contributed by atoms with Crippen molar-refractivity contribution in [1.29, 1.82) is 5.26 Å². The Morgan fingerprint density at radius 1 is 1.20 bits per heavy atom. The Hall–Kier alpha value is -3.64. The Morgan fingerprint density at radius 2 is 1.83 bits per heavy atom. The van der Waals surface area contributed by atoms with Crippen molar-refractivity contribution >= 4 is 0 Å². The van der Waals surface area contributed by atoms with Crippen LogP contribution in [0.15, 0.2) is 34.4 Å². The van der Waals surface area contributed by atoms with Crippen molar-refractivity contribution in [2.45, 2.75) is 19.4 Å². The van der Waals surface area contributed by atoms with E-state index in [4.69, 9.17) is 24.7 Å². The molecule has 3 rings (SSSR count). The normalized spacial score (nSPS) is 15.1. The molecule has 0 spiro atoms. The molecule has 3 N–H and O–H groups in total. The van der Waals surface area contributed by atoms with Gasteiger partial charge in [0.2, 0.25) is 11.6 Å². The molecular formula is C21H23N3O6. The first-order valence-corrected chi connectivity index (χ1v) is 9.14. The largest absolute Gasteiger partial charge is 0.493 e. The lowest BCUT2D eigenvalue weighted by molar-refractivity contribution is 0.272. The standard InChI is InChI=1S/C21H23N3O6/c1-11-7-14-18(21(26)24(11)5-6-25)17(13(10-22)20(23)30-14)12-8-15(27-2)19(29-4)16(9-12)28-3/h7-9,17,25H,5-6,23H2,1-4H3/t17-/m1/s1. The fourth-order valence-electron chi connectivity index (χ4n) is 3.67. The summed E-state index contributed by atoms with van der Waals surface area (Å²) < 4.78 is 23.3. The summed E-state index contributed by atoms with van der Waals surface area (Å²) in [7, 11) is 4.44. The monoisotopic (exact) mass is 413 g/mol. The number of aliphatic hydroxyl groups is 1. The Balaban J connectivity index is 2.36. The van der Waals surface area contributed by atoms with Crippen molar-refractivity contribution in [1.82, 2.24) is 4.57 Å². The van der Waals surface area contributed by atoms with E-state index in [1.807, 2.05) is 0 Å². The predicted molar refractivity (Wildman–Crippen MR) is 108 cm³/mol. The molecule has 9 nitrogen and oxygen atoms in total. The molecule has 1 aliphatic heterocycles. The number of nitriles is 1. The van der Waals surface area contributed by atoms with Crippen LogP contribution in [0.5, 0.6) is 23.0 Å². The molecule has 30 heavy (non-hydrogen) atoms. The van der Waals surface area contributed by atoms with E-state index in [0.717, 1.165) is 0 Å². The van der Waals surface area contributed by atoms with Crippen LogP contribution >= 0.6 is 0 Å². The number of nitrogens with two attached hydrogens (primary N) is 1. The number of aromatic nitrogens is 1. The Morgan fingerprint density at radius 3 is 2.33 bits per heavy atom. The zero-order valence-corrected chi connectivity index (χ0v) is 17.2. The molecule has 2 aromatic rings. The number of rotatable bonds is 6. The molecule has 2 heterocycles. The number of aliphatic hydroxyl groups excluding tert-OH is 1. The third kappa shape index (κ3) is 3.31. The molecule has 0 saturated heterocycles. The van der Waals surface area contributed by atoms with Gasteiger partial charge in [-0.25, -0.2) is 0 Å². The number of pyridine rings is 1. The number of ether oxygens (including phenoxy) is 4. The average Bonchev–Trinajstić information content (AvgIpc) is 2.74. The summed E-state index contributed by atoms with van der Waals surface area (Å²) in [4.78, 5) is 13.3. The lowest BCUT2D eigenvalue weighted by Gasteiger charge is -2.28. The summed E-state index contributed by atoms with van der Waals surface area (Å²) >= 11 is 0. The van der Waals surface area contributed by atoms with Crippen LogP contribution in [0.1, 0.15) is 22.7 Å². The second-order valence-corrected chi connectivity index (χ2v) is 6.63. The van der Waals surface area contributed by atoms with Gasteiger partial charge in [0.05, 0.1) is 39.4 Å². The molecule has 0 unspecified atom stereocenters. The fraction of sp³-hybridized carbons (Fsp3) is 0.333. The van der Waals surface area contributed by atoms with Crippen LogP contribution in [0.2, 0.25) is 0 Å².